The van der Waals surface area contributed by atoms with Crippen molar-refractivity contribution >= 4 is 11.9 Å². The number of likely N-dealkylation sites (tertiary alicyclic amines) is 1. The van der Waals surface area contributed by atoms with Gasteiger partial charge >= 0.3 is 5.97 Å². The Bertz CT molecular complexity index is 259. The monoisotopic (exact) mass is 229 g/mol. The van der Waals surface area contributed by atoms with Gasteiger partial charge in [0.2, 0.25) is 0 Å². The van der Waals surface area contributed by atoms with Crippen molar-refractivity contribution in [3.63, 3.8) is 0 Å². The summed E-state index contributed by atoms with van der Waals surface area (Å²) in [6.45, 7) is 5.19. The highest BCUT2D eigenvalue weighted by molar-refractivity contribution is 5.80. The number of esters is 1. The maximum Gasteiger partial charge on any atom is 0.365 e. The summed E-state index contributed by atoms with van der Waals surface area (Å²) in [6.07, 6.45) is 1.61. The van der Waals surface area contributed by atoms with E-state index in [4.69, 9.17) is 4.74 Å². The number of carbonyl (C=O) groups is 2. The second kappa shape index (κ2) is 5.84. The normalized spacial score (nSPS) is 18.7. The quantitative estimate of drug-likeness (QED) is 0.560. The van der Waals surface area contributed by atoms with Gasteiger partial charge in [-0.15, -0.1) is 0 Å². The summed E-state index contributed by atoms with van der Waals surface area (Å²) in [5.41, 5.74) is 0. The lowest BCUT2D eigenvalue weighted by molar-refractivity contribution is -0.904. The third-order valence-corrected chi connectivity index (χ3v) is 2.75. The highest BCUT2D eigenvalue weighted by Gasteiger charge is 2.33. The van der Waals surface area contributed by atoms with Gasteiger partial charge in [0.15, 0.2) is 6.04 Å². The van der Waals surface area contributed by atoms with Crippen molar-refractivity contribution in [2.75, 3.05) is 13.1 Å². The summed E-state index contributed by atoms with van der Waals surface area (Å²) in [4.78, 5) is 23.4. The molecule has 0 unspecified atom stereocenters. The molecule has 0 radical (unpaired) electrons. The number of carboxylic acids is 1. The van der Waals surface area contributed by atoms with Crippen LogP contribution < -0.4 is 10.0 Å². The summed E-state index contributed by atoms with van der Waals surface area (Å²) >= 11 is 0. The van der Waals surface area contributed by atoms with E-state index in [0.29, 0.717) is 0 Å². The number of ether oxygens (including phenoxy) is 1. The summed E-state index contributed by atoms with van der Waals surface area (Å²) in [5, 5.41) is 10.6. The largest absolute Gasteiger partial charge is 0.550 e. The van der Waals surface area contributed by atoms with E-state index in [1.807, 2.05) is 0 Å². The molecule has 1 saturated heterocycles. The fourth-order valence-corrected chi connectivity index (χ4v) is 2.05. The molecule has 5 heteroatoms. The van der Waals surface area contributed by atoms with Crippen LogP contribution in [-0.2, 0) is 14.3 Å². The summed E-state index contributed by atoms with van der Waals surface area (Å²) in [6, 6.07) is -0.602. The minimum Gasteiger partial charge on any atom is -0.550 e. The lowest BCUT2D eigenvalue weighted by Gasteiger charge is -2.24. The molecule has 0 aromatic carbocycles. The topological polar surface area (TPSA) is 70.9 Å². The van der Waals surface area contributed by atoms with Crippen LogP contribution in [0.3, 0.4) is 0 Å². The SMILES string of the molecule is CC(C)OC(=O)[C@@H](CC(=O)[O-])[NH+]1CCCC1. The van der Waals surface area contributed by atoms with Crippen LogP contribution in [-0.4, -0.2) is 37.2 Å². The van der Waals surface area contributed by atoms with Gasteiger partial charge in [0.1, 0.15) is 0 Å². The van der Waals surface area contributed by atoms with E-state index in [-0.39, 0.29) is 12.5 Å². The molecule has 5 nitrogen and oxygen atoms in total. The maximum atomic E-state index is 11.7. The molecule has 0 aliphatic carbocycles. The van der Waals surface area contributed by atoms with Gasteiger partial charge in [-0.25, -0.2) is 4.79 Å². The Kier molecular flexibility index (Phi) is 4.73. The van der Waals surface area contributed by atoms with Crippen molar-refractivity contribution in [3.05, 3.63) is 0 Å². The molecule has 1 fully saturated rings. The fraction of sp³-hybridized carbons (Fsp3) is 0.818. The zero-order chi connectivity index (χ0) is 12.1. The van der Waals surface area contributed by atoms with Gasteiger partial charge in [-0.05, 0) is 13.8 Å². The van der Waals surface area contributed by atoms with Crippen LogP contribution in [0.15, 0.2) is 0 Å². The Hall–Kier alpha value is -1.10. The number of nitrogens with one attached hydrogen (secondary N) is 1. The molecule has 0 bridgehead atoms. The molecule has 0 aromatic heterocycles. The van der Waals surface area contributed by atoms with Gasteiger partial charge in [-0.3, -0.25) is 0 Å². The average Bonchev–Trinajstić information content (AvgIpc) is 2.64. The smallest absolute Gasteiger partial charge is 0.365 e. The molecule has 1 aliphatic heterocycles. The zero-order valence-corrected chi connectivity index (χ0v) is 9.82. The van der Waals surface area contributed by atoms with Crippen LogP contribution >= 0.6 is 0 Å². The Morgan fingerprint density at radius 3 is 2.31 bits per heavy atom. The number of carboxylic acid groups (broad SMARTS) is 1. The molecule has 0 aromatic rings. The maximum absolute atomic E-state index is 11.7. The Balaban J connectivity index is 2.61. The van der Waals surface area contributed by atoms with Gasteiger partial charge in [-0.2, -0.15) is 0 Å². The highest BCUT2D eigenvalue weighted by atomic mass is 16.5. The van der Waals surface area contributed by atoms with E-state index in [0.717, 1.165) is 30.8 Å². The van der Waals surface area contributed by atoms with E-state index in [1.54, 1.807) is 13.8 Å². The second-order valence-electron chi connectivity index (χ2n) is 4.48. The van der Waals surface area contributed by atoms with Crippen LogP contribution in [0, 0.1) is 0 Å². The lowest BCUT2D eigenvalue weighted by atomic mass is 10.2. The molecule has 0 spiro atoms. The van der Waals surface area contributed by atoms with E-state index in [2.05, 4.69) is 0 Å². The number of carbonyl (C=O) groups excluding carboxylic acids is 2. The van der Waals surface area contributed by atoms with E-state index in [9.17, 15) is 14.7 Å². The molecule has 16 heavy (non-hydrogen) atoms. The van der Waals surface area contributed by atoms with Crippen molar-refractivity contribution in [1.82, 2.24) is 0 Å². The highest BCUT2D eigenvalue weighted by Crippen LogP contribution is 1.99. The number of aliphatic carboxylic acids is 1. The molecular formula is C11H19NO4. The van der Waals surface area contributed by atoms with Crippen LogP contribution in [0.25, 0.3) is 0 Å². The minimum absolute atomic E-state index is 0.209. The number of hydrogen-bond acceptors (Lipinski definition) is 4. The third-order valence-electron chi connectivity index (χ3n) is 2.75. The summed E-state index contributed by atoms with van der Waals surface area (Å²) in [5.74, 6) is -1.61. The fourth-order valence-electron chi connectivity index (χ4n) is 2.05. The van der Waals surface area contributed by atoms with Gasteiger partial charge in [0, 0.05) is 18.8 Å². The summed E-state index contributed by atoms with van der Waals surface area (Å²) < 4.78 is 5.07. The lowest BCUT2D eigenvalue weighted by Crippen LogP contribution is -3.15. The van der Waals surface area contributed by atoms with Gasteiger partial charge in [0.05, 0.1) is 25.6 Å². The van der Waals surface area contributed by atoms with Gasteiger partial charge in [0.25, 0.3) is 0 Å². The van der Waals surface area contributed by atoms with Crippen LogP contribution in [0.5, 0.6) is 0 Å². The summed E-state index contributed by atoms with van der Waals surface area (Å²) in [7, 11) is 0. The molecule has 0 saturated carbocycles. The predicted octanol–water partition coefficient (Wildman–Crippen LogP) is -1.87. The molecule has 1 heterocycles. The van der Waals surface area contributed by atoms with E-state index >= 15 is 0 Å². The Labute approximate surface area is 95.4 Å². The second-order valence-corrected chi connectivity index (χ2v) is 4.48. The number of hydrogen-bond donors (Lipinski definition) is 1. The number of rotatable bonds is 5. The minimum atomic E-state index is -1.19. The zero-order valence-electron chi connectivity index (χ0n) is 9.82. The Morgan fingerprint density at radius 1 is 1.31 bits per heavy atom. The van der Waals surface area contributed by atoms with Crippen LogP contribution in [0.2, 0.25) is 0 Å². The first-order valence-corrected chi connectivity index (χ1v) is 5.75. The molecule has 92 valence electrons. The first kappa shape index (κ1) is 13.0. The molecule has 1 aliphatic rings. The first-order valence-electron chi connectivity index (χ1n) is 5.75. The van der Waals surface area contributed by atoms with Gasteiger partial charge < -0.3 is 19.5 Å². The average molecular weight is 229 g/mol. The van der Waals surface area contributed by atoms with Crippen LogP contribution in [0.4, 0.5) is 0 Å². The molecular weight excluding hydrogens is 210 g/mol. The van der Waals surface area contributed by atoms with E-state index < -0.39 is 18.0 Å². The van der Waals surface area contributed by atoms with Crippen LogP contribution in [0.1, 0.15) is 33.1 Å². The Morgan fingerprint density at radius 2 is 1.88 bits per heavy atom. The number of quaternary nitrogens is 1. The molecule has 0 amide bonds. The van der Waals surface area contributed by atoms with Crippen molar-refractivity contribution < 1.29 is 24.3 Å². The molecule has 1 atom stereocenters. The third kappa shape index (κ3) is 3.81. The predicted molar refractivity (Wildman–Crippen MR) is 54.6 cm³/mol. The van der Waals surface area contributed by atoms with Crippen molar-refractivity contribution in [2.45, 2.75) is 45.3 Å². The van der Waals surface area contributed by atoms with Gasteiger partial charge in [-0.1, -0.05) is 0 Å². The van der Waals surface area contributed by atoms with Crippen molar-refractivity contribution in [3.8, 4) is 0 Å². The van der Waals surface area contributed by atoms with Crippen molar-refractivity contribution in [2.24, 2.45) is 0 Å². The van der Waals surface area contributed by atoms with Crippen molar-refractivity contribution in [1.29, 1.82) is 0 Å². The standard InChI is InChI=1S/C11H19NO4/c1-8(2)16-11(15)9(7-10(13)14)12-5-3-4-6-12/h8-9H,3-7H2,1-2H3,(H,13,14)/t9-/m1/s1. The first-order chi connectivity index (χ1) is 7.50. The van der Waals surface area contributed by atoms with E-state index in [1.165, 1.54) is 0 Å². The molecule has 1 rings (SSSR count). The molecule has 1 N–H and O–H groups in total.